The van der Waals surface area contributed by atoms with Gasteiger partial charge in [0.25, 0.3) is 5.56 Å². The summed E-state index contributed by atoms with van der Waals surface area (Å²) in [4.78, 5) is 27.6. The average molecular weight is 420 g/mol. The molecule has 0 spiro atoms. The van der Waals surface area contributed by atoms with E-state index in [1.807, 2.05) is 24.3 Å². The fourth-order valence-electron chi connectivity index (χ4n) is 7.97. The lowest BCUT2D eigenvalue weighted by Gasteiger charge is -2.56. The van der Waals surface area contributed by atoms with E-state index in [4.69, 9.17) is 5.10 Å². The molecular formula is C26H33N3O2. The lowest BCUT2D eigenvalue weighted by molar-refractivity contribution is -0.125. The van der Waals surface area contributed by atoms with Crippen molar-refractivity contribution in [3.8, 4) is 0 Å². The number of carbonyl (C=O) groups is 1. The second-order valence-electron chi connectivity index (χ2n) is 11.1. The second kappa shape index (κ2) is 7.46. The quantitative estimate of drug-likeness (QED) is 0.748. The Bertz CT molecular complexity index is 1030. The van der Waals surface area contributed by atoms with E-state index in [0.717, 1.165) is 41.7 Å². The number of amides is 1. The highest BCUT2D eigenvalue weighted by molar-refractivity contribution is 5.86. The van der Waals surface area contributed by atoms with Crippen molar-refractivity contribution in [1.82, 2.24) is 9.89 Å². The predicted molar refractivity (Wildman–Crippen MR) is 121 cm³/mol. The van der Waals surface area contributed by atoms with Crippen LogP contribution in [0.2, 0.25) is 0 Å². The Hall–Kier alpha value is -2.17. The molecule has 7 rings (SSSR count). The predicted octanol–water partition coefficient (Wildman–Crippen LogP) is 5.12. The van der Waals surface area contributed by atoms with E-state index >= 15 is 0 Å². The van der Waals surface area contributed by atoms with Crippen LogP contribution >= 0.6 is 0 Å². The lowest BCUT2D eigenvalue weighted by atomic mass is 9.49. The Kier molecular flexibility index (Phi) is 4.69. The zero-order chi connectivity index (χ0) is 21.0. The van der Waals surface area contributed by atoms with Crippen LogP contribution in [-0.4, -0.2) is 15.8 Å². The van der Waals surface area contributed by atoms with Gasteiger partial charge < -0.3 is 0 Å². The first-order chi connectivity index (χ1) is 15.1. The van der Waals surface area contributed by atoms with Crippen LogP contribution in [0.1, 0.15) is 88.7 Å². The molecule has 1 aromatic heterocycles. The van der Waals surface area contributed by atoms with Gasteiger partial charge in [0.2, 0.25) is 5.91 Å². The number of nitrogens with zero attached hydrogens (tertiary/aromatic N) is 2. The number of hydrogen-bond acceptors (Lipinski definition) is 3. The summed E-state index contributed by atoms with van der Waals surface area (Å²) in [7, 11) is 0. The van der Waals surface area contributed by atoms with E-state index in [0.29, 0.717) is 17.7 Å². The van der Waals surface area contributed by atoms with Crippen molar-refractivity contribution in [2.45, 2.75) is 83.0 Å². The van der Waals surface area contributed by atoms with Gasteiger partial charge in [-0.15, -0.1) is 4.79 Å². The van der Waals surface area contributed by atoms with Gasteiger partial charge in [0, 0.05) is 17.7 Å². The maximum absolute atomic E-state index is 13.2. The molecule has 4 bridgehead atoms. The fraction of sp³-hybridized carbons (Fsp3) is 0.654. The summed E-state index contributed by atoms with van der Waals surface area (Å²) in [6.07, 6.45) is 14.1. The zero-order valence-corrected chi connectivity index (χ0v) is 18.3. The van der Waals surface area contributed by atoms with E-state index < -0.39 is 0 Å². The Morgan fingerprint density at radius 3 is 2.23 bits per heavy atom. The molecule has 2 aromatic rings. The molecule has 0 radical (unpaired) electrons. The molecule has 0 unspecified atom stereocenters. The molecule has 1 heterocycles. The third-order valence-corrected chi connectivity index (χ3v) is 8.76. The fourth-order valence-corrected chi connectivity index (χ4v) is 7.97. The molecule has 0 aliphatic heterocycles. The van der Waals surface area contributed by atoms with Gasteiger partial charge in [0.05, 0.1) is 11.1 Å². The average Bonchev–Trinajstić information content (AvgIpc) is 2.75. The molecule has 5 nitrogen and oxygen atoms in total. The van der Waals surface area contributed by atoms with Gasteiger partial charge in [-0.3, -0.25) is 9.59 Å². The third-order valence-electron chi connectivity index (χ3n) is 8.76. The summed E-state index contributed by atoms with van der Waals surface area (Å²) in [6, 6.07) is 7.75. The summed E-state index contributed by atoms with van der Waals surface area (Å²) in [5, 5.41) is 6.34. The molecule has 5 aliphatic carbocycles. The normalized spacial score (nSPS) is 32.5. The highest BCUT2D eigenvalue weighted by atomic mass is 16.2. The second-order valence-corrected chi connectivity index (χ2v) is 11.1. The Morgan fingerprint density at radius 1 is 0.968 bits per heavy atom. The van der Waals surface area contributed by atoms with Gasteiger partial charge >= 0.3 is 0 Å². The third kappa shape index (κ3) is 3.50. The molecule has 0 atom stereocenters. The molecule has 5 saturated carbocycles. The number of aromatic nitrogens is 2. The molecule has 5 heteroatoms. The summed E-state index contributed by atoms with van der Waals surface area (Å²) in [5.41, 5.74) is 3.83. The van der Waals surface area contributed by atoms with Gasteiger partial charge in [-0.05, 0) is 80.6 Å². The van der Waals surface area contributed by atoms with E-state index in [1.54, 1.807) is 0 Å². The van der Waals surface area contributed by atoms with Gasteiger partial charge in [-0.1, -0.05) is 37.5 Å². The number of carbonyl (C=O) groups excluding carboxylic acids is 1. The van der Waals surface area contributed by atoms with E-state index in [1.165, 1.54) is 62.6 Å². The van der Waals surface area contributed by atoms with Crippen molar-refractivity contribution in [2.75, 3.05) is 5.43 Å². The number of hydrogen-bond donors (Lipinski definition) is 1. The van der Waals surface area contributed by atoms with Crippen molar-refractivity contribution >= 4 is 16.7 Å². The van der Waals surface area contributed by atoms with Gasteiger partial charge in [-0.2, -0.15) is 5.10 Å². The van der Waals surface area contributed by atoms with E-state index in [-0.39, 0.29) is 16.9 Å². The standard InChI is InChI=1S/C26H33N3O2/c30-23(16-26-13-17-10-18(14-26)12-19(11-17)15-26)27-29-25(31)22-9-5-4-8-21(22)24(28-29)20-6-2-1-3-7-20/h4-5,8-9,17-20H,1-3,6-7,10-16H2,(H,27,30). The largest absolute Gasteiger partial charge is 0.294 e. The van der Waals surface area contributed by atoms with Crippen molar-refractivity contribution in [3.63, 3.8) is 0 Å². The SMILES string of the molecule is O=C(CC12CC3CC(CC(C3)C1)C2)Nn1nc(C2CCCCC2)c2ccccc2c1=O. The van der Waals surface area contributed by atoms with Crippen LogP contribution in [0.25, 0.3) is 10.8 Å². The minimum atomic E-state index is -0.214. The van der Waals surface area contributed by atoms with Gasteiger partial charge in [-0.25, -0.2) is 5.43 Å². The number of nitrogens with one attached hydrogen (secondary N) is 1. The lowest BCUT2D eigenvalue weighted by Crippen LogP contribution is -2.48. The first kappa shape index (κ1) is 19.5. The highest BCUT2D eigenvalue weighted by Crippen LogP contribution is 2.61. The van der Waals surface area contributed by atoms with E-state index in [9.17, 15) is 9.59 Å². The van der Waals surface area contributed by atoms with Crippen LogP contribution in [0.5, 0.6) is 0 Å². The number of benzene rings is 1. The zero-order valence-electron chi connectivity index (χ0n) is 18.3. The molecule has 1 amide bonds. The summed E-state index contributed by atoms with van der Waals surface area (Å²) in [5.74, 6) is 2.78. The van der Waals surface area contributed by atoms with E-state index in [2.05, 4.69) is 5.43 Å². The minimum absolute atomic E-state index is 0.0403. The van der Waals surface area contributed by atoms with Crippen molar-refractivity contribution in [1.29, 1.82) is 0 Å². The first-order valence-corrected chi connectivity index (χ1v) is 12.4. The molecule has 1 N–H and O–H groups in total. The molecular weight excluding hydrogens is 386 g/mol. The van der Waals surface area contributed by atoms with Crippen LogP contribution in [0.4, 0.5) is 0 Å². The Balaban J connectivity index is 1.29. The molecule has 5 fully saturated rings. The van der Waals surface area contributed by atoms with Crippen LogP contribution < -0.4 is 11.0 Å². The first-order valence-electron chi connectivity index (χ1n) is 12.4. The Labute approximate surface area is 183 Å². The molecule has 5 aliphatic rings. The van der Waals surface area contributed by atoms with Crippen molar-refractivity contribution in [2.24, 2.45) is 23.2 Å². The maximum atomic E-state index is 13.2. The maximum Gasteiger partial charge on any atom is 0.294 e. The van der Waals surface area contributed by atoms with Crippen molar-refractivity contribution < 1.29 is 4.79 Å². The molecule has 31 heavy (non-hydrogen) atoms. The highest BCUT2D eigenvalue weighted by Gasteiger charge is 2.51. The number of rotatable bonds is 4. The summed E-state index contributed by atoms with van der Waals surface area (Å²) in [6.45, 7) is 0. The van der Waals surface area contributed by atoms with Crippen LogP contribution in [-0.2, 0) is 4.79 Å². The van der Waals surface area contributed by atoms with Gasteiger partial charge in [0.15, 0.2) is 0 Å². The van der Waals surface area contributed by atoms with Crippen LogP contribution in [0.3, 0.4) is 0 Å². The topological polar surface area (TPSA) is 64.0 Å². The Morgan fingerprint density at radius 2 is 1.58 bits per heavy atom. The smallest absolute Gasteiger partial charge is 0.273 e. The summed E-state index contributed by atoms with van der Waals surface area (Å²) < 4.78 is 0. The molecule has 164 valence electrons. The number of fused-ring (bicyclic) bond motifs is 1. The monoisotopic (exact) mass is 419 g/mol. The minimum Gasteiger partial charge on any atom is -0.273 e. The van der Waals surface area contributed by atoms with Crippen LogP contribution in [0.15, 0.2) is 29.1 Å². The summed E-state index contributed by atoms with van der Waals surface area (Å²) >= 11 is 0. The molecule has 0 saturated heterocycles. The van der Waals surface area contributed by atoms with Crippen LogP contribution in [0, 0.1) is 23.2 Å². The van der Waals surface area contributed by atoms with Crippen molar-refractivity contribution in [3.05, 3.63) is 40.3 Å². The van der Waals surface area contributed by atoms with Gasteiger partial charge in [0.1, 0.15) is 0 Å². The molecule has 1 aromatic carbocycles.